The Morgan fingerprint density at radius 1 is 1.15 bits per heavy atom. The summed E-state index contributed by atoms with van der Waals surface area (Å²) in [6.45, 7) is 9.07. The van der Waals surface area contributed by atoms with Crippen molar-refractivity contribution in [2.45, 2.75) is 59.5 Å². The van der Waals surface area contributed by atoms with Crippen molar-refractivity contribution in [1.82, 2.24) is 0 Å². The summed E-state index contributed by atoms with van der Waals surface area (Å²) in [4.78, 5) is 0. The van der Waals surface area contributed by atoms with Crippen LogP contribution < -0.4 is 4.74 Å². The molecule has 0 spiro atoms. The number of aliphatic hydroxyl groups excluding tert-OH is 1. The van der Waals surface area contributed by atoms with Crippen molar-refractivity contribution in [3.8, 4) is 5.75 Å². The minimum atomic E-state index is -0.379. The standard InChI is InChI=1S/C18H28O2/c1-12(2)10-14(4)17(19)11-20-18-9-8-13(3)15-6-5-7-16(15)18/h8-9,12,14,17,19H,5-7,10-11H2,1-4H3. The molecule has 1 aliphatic rings. The Labute approximate surface area is 123 Å². The molecule has 2 unspecified atom stereocenters. The summed E-state index contributed by atoms with van der Waals surface area (Å²) >= 11 is 0. The third-order valence-corrected chi connectivity index (χ3v) is 4.39. The van der Waals surface area contributed by atoms with Gasteiger partial charge in [-0.25, -0.2) is 0 Å². The number of benzene rings is 1. The quantitative estimate of drug-likeness (QED) is 0.853. The first-order chi connectivity index (χ1) is 9.49. The molecule has 0 radical (unpaired) electrons. The van der Waals surface area contributed by atoms with Gasteiger partial charge in [-0.1, -0.05) is 26.8 Å². The van der Waals surface area contributed by atoms with Gasteiger partial charge in [-0.15, -0.1) is 0 Å². The predicted molar refractivity (Wildman–Crippen MR) is 83.3 cm³/mol. The molecule has 112 valence electrons. The van der Waals surface area contributed by atoms with Crippen molar-refractivity contribution in [1.29, 1.82) is 0 Å². The molecule has 1 N–H and O–H groups in total. The molecule has 1 aromatic rings. The van der Waals surface area contributed by atoms with Gasteiger partial charge in [0, 0.05) is 0 Å². The molecular formula is C18H28O2. The molecule has 2 rings (SSSR count). The summed E-state index contributed by atoms with van der Waals surface area (Å²) in [7, 11) is 0. The largest absolute Gasteiger partial charge is 0.491 e. The third-order valence-electron chi connectivity index (χ3n) is 4.39. The molecule has 0 aliphatic heterocycles. The van der Waals surface area contributed by atoms with Crippen molar-refractivity contribution in [3.63, 3.8) is 0 Å². The third kappa shape index (κ3) is 3.54. The molecule has 0 aromatic heterocycles. The van der Waals surface area contributed by atoms with E-state index < -0.39 is 0 Å². The molecule has 0 saturated carbocycles. The summed E-state index contributed by atoms with van der Waals surface area (Å²) in [6.07, 6.45) is 4.17. The molecule has 1 aromatic carbocycles. The summed E-state index contributed by atoms with van der Waals surface area (Å²) < 4.78 is 5.92. The first-order valence-corrected chi connectivity index (χ1v) is 7.91. The molecule has 0 heterocycles. The van der Waals surface area contributed by atoms with Crippen LogP contribution in [0.3, 0.4) is 0 Å². The predicted octanol–water partition coefficient (Wildman–Crippen LogP) is 3.91. The molecule has 0 amide bonds. The van der Waals surface area contributed by atoms with E-state index in [1.165, 1.54) is 29.5 Å². The topological polar surface area (TPSA) is 29.5 Å². The van der Waals surface area contributed by atoms with E-state index in [4.69, 9.17) is 4.74 Å². The zero-order valence-corrected chi connectivity index (χ0v) is 13.3. The average molecular weight is 276 g/mol. The minimum absolute atomic E-state index is 0.286. The van der Waals surface area contributed by atoms with Crippen LogP contribution in [0.25, 0.3) is 0 Å². The number of aliphatic hydroxyl groups is 1. The van der Waals surface area contributed by atoms with E-state index in [1.807, 2.05) is 0 Å². The van der Waals surface area contributed by atoms with E-state index in [0.29, 0.717) is 12.5 Å². The van der Waals surface area contributed by atoms with Gasteiger partial charge in [-0.3, -0.25) is 0 Å². The van der Waals surface area contributed by atoms with Crippen LogP contribution in [0.4, 0.5) is 0 Å². The lowest BCUT2D eigenvalue weighted by atomic mass is 9.94. The molecular weight excluding hydrogens is 248 g/mol. The van der Waals surface area contributed by atoms with E-state index in [0.717, 1.165) is 18.6 Å². The summed E-state index contributed by atoms with van der Waals surface area (Å²) in [5.41, 5.74) is 4.21. The highest BCUT2D eigenvalue weighted by Crippen LogP contribution is 2.33. The van der Waals surface area contributed by atoms with Crippen molar-refractivity contribution < 1.29 is 9.84 Å². The zero-order chi connectivity index (χ0) is 14.7. The van der Waals surface area contributed by atoms with E-state index in [2.05, 4.69) is 39.8 Å². The van der Waals surface area contributed by atoms with Crippen LogP contribution in [0.2, 0.25) is 0 Å². The van der Waals surface area contributed by atoms with Gasteiger partial charge in [0.2, 0.25) is 0 Å². The minimum Gasteiger partial charge on any atom is -0.491 e. The zero-order valence-electron chi connectivity index (χ0n) is 13.3. The first kappa shape index (κ1) is 15.4. The van der Waals surface area contributed by atoms with Crippen molar-refractivity contribution in [3.05, 3.63) is 28.8 Å². The lowest BCUT2D eigenvalue weighted by molar-refractivity contribution is 0.0553. The van der Waals surface area contributed by atoms with Crippen LogP contribution in [0, 0.1) is 18.8 Å². The maximum atomic E-state index is 10.2. The molecule has 2 heteroatoms. The normalized spacial score (nSPS) is 17.1. The molecule has 0 bridgehead atoms. The fourth-order valence-electron chi connectivity index (χ4n) is 3.23. The van der Waals surface area contributed by atoms with Gasteiger partial charge in [0.25, 0.3) is 0 Å². The number of hydrogen-bond donors (Lipinski definition) is 1. The number of aryl methyl sites for hydroxylation is 1. The Morgan fingerprint density at radius 2 is 1.85 bits per heavy atom. The fraction of sp³-hybridized carbons (Fsp3) is 0.667. The lowest BCUT2D eigenvalue weighted by Crippen LogP contribution is -2.26. The molecule has 2 atom stereocenters. The van der Waals surface area contributed by atoms with Gasteiger partial charge in [-0.05, 0) is 67.2 Å². The van der Waals surface area contributed by atoms with Gasteiger partial charge in [-0.2, -0.15) is 0 Å². The van der Waals surface area contributed by atoms with Crippen LogP contribution >= 0.6 is 0 Å². The molecule has 0 saturated heterocycles. The Bertz CT molecular complexity index is 451. The maximum absolute atomic E-state index is 10.2. The van der Waals surface area contributed by atoms with Crippen LogP contribution in [-0.2, 0) is 12.8 Å². The van der Waals surface area contributed by atoms with Crippen LogP contribution in [-0.4, -0.2) is 17.8 Å². The second-order valence-electron chi connectivity index (χ2n) is 6.68. The first-order valence-electron chi connectivity index (χ1n) is 7.91. The van der Waals surface area contributed by atoms with E-state index in [9.17, 15) is 5.11 Å². The SMILES string of the molecule is Cc1ccc(OCC(O)C(C)CC(C)C)c2c1CCC2. The Balaban J connectivity index is 1.96. The summed E-state index contributed by atoms with van der Waals surface area (Å²) in [5.74, 6) is 1.88. The second kappa shape index (κ2) is 6.62. The van der Waals surface area contributed by atoms with Crippen molar-refractivity contribution >= 4 is 0 Å². The van der Waals surface area contributed by atoms with Crippen molar-refractivity contribution in [2.24, 2.45) is 11.8 Å². The smallest absolute Gasteiger partial charge is 0.122 e. The van der Waals surface area contributed by atoms with Gasteiger partial charge in [0.1, 0.15) is 12.4 Å². The highest BCUT2D eigenvalue weighted by atomic mass is 16.5. The molecule has 0 fully saturated rings. The van der Waals surface area contributed by atoms with Crippen LogP contribution in [0.5, 0.6) is 5.75 Å². The fourth-order valence-corrected chi connectivity index (χ4v) is 3.23. The Morgan fingerprint density at radius 3 is 2.55 bits per heavy atom. The second-order valence-corrected chi connectivity index (χ2v) is 6.68. The number of ether oxygens (including phenoxy) is 1. The van der Waals surface area contributed by atoms with Crippen LogP contribution in [0.15, 0.2) is 12.1 Å². The van der Waals surface area contributed by atoms with Crippen LogP contribution in [0.1, 0.15) is 50.3 Å². The maximum Gasteiger partial charge on any atom is 0.122 e. The monoisotopic (exact) mass is 276 g/mol. The molecule has 2 nitrogen and oxygen atoms in total. The number of rotatable bonds is 6. The van der Waals surface area contributed by atoms with Crippen molar-refractivity contribution in [2.75, 3.05) is 6.61 Å². The van der Waals surface area contributed by atoms with Gasteiger partial charge < -0.3 is 9.84 Å². The van der Waals surface area contributed by atoms with E-state index in [-0.39, 0.29) is 12.0 Å². The van der Waals surface area contributed by atoms with Gasteiger partial charge in [0.15, 0.2) is 0 Å². The number of hydrogen-bond acceptors (Lipinski definition) is 2. The molecule has 20 heavy (non-hydrogen) atoms. The Hall–Kier alpha value is -1.02. The number of fused-ring (bicyclic) bond motifs is 1. The Kier molecular flexibility index (Phi) is 5.09. The van der Waals surface area contributed by atoms with E-state index >= 15 is 0 Å². The van der Waals surface area contributed by atoms with Gasteiger partial charge in [0.05, 0.1) is 6.10 Å². The molecule has 1 aliphatic carbocycles. The average Bonchev–Trinajstić information content (AvgIpc) is 2.87. The summed E-state index contributed by atoms with van der Waals surface area (Å²) in [6, 6.07) is 4.21. The lowest BCUT2D eigenvalue weighted by Gasteiger charge is -2.21. The van der Waals surface area contributed by atoms with Gasteiger partial charge >= 0.3 is 0 Å². The highest BCUT2D eigenvalue weighted by molar-refractivity contribution is 5.47. The summed E-state index contributed by atoms with van der Waals surface area (Å²) in [5, 5.41) is 10.2. The highest BCUT2D eigenvalue weighted by Gasteiger charge is 2.20. The van der Waals surface area contributed by atoms with E-state index in [1.54, 1.807) is 0 Å².